The lowest BCUT2D eigenvalue weighted by Gasteiger charge is -2.03. The van der Waals surface area contributed by atoms with Gasteiger partial charge in [-0.3, -0.25) is 0 Å². The van der Waals surface area contributed by atoms with E-state index in [9.17, 15) is 0 Å². The third-order valence-corrected chi connectivity index (χ3v) is 4.69. The molecule has 0 aliphatic heterocycles. The van der Waals surface area contributed by atoms with Crippen molar-refractivity contribution in [1.82, 2.24) is 10.1 Å². The Hall–Kier alpha value is -1.79. The Morgan fingerprint density at radius 2 is 2.19 bits per heavy atom. The third kappa shape index (κ3) is 3.65. The molecule has 6 heteroatoms. The number of thiophene rings is 1. The van der Waals surface area contributed by atoms with Gasteiger partial charge < -0.3 is 9.26 Å². The third-order valence-electron chi connectivity index (χ3n) is 2.84. The minimum Gasteiger partial charge on any atom is -0.497 e. The minimum absolute atomic E-state index is 0.659. The summed E-state index contributed by atoms with van der Waals surface area (Å²) in [5.74, 6) is 3.79. The van der Waals surface area contributed by atoms with Crippen LogP contribution >= 0.6 is 23.1 Å². The number of aromatic nitrogens is 2. The van der Waals surface area contributed by atoms with Crippen LogP contribution in [0.4, 0.5) is 0 Å². The van der Waals surface area contributed by atoms with Crippen molar-refractivity contribution in [3.63, 3.8) is 0 Å². The zero-order valence-electron chi connectivity index (χ0n) is 11.5. The lowest BCUT2D eigenvalue weighted by molar-refractivity contribution is 0.392. The van der Waals surface area contributed by atoms with Crippen molar-refractivity contribution < 1.29 is 9.26 Å². The average molecular weight is 318 g/mol. The van der Waals surface area contributed by atoms with Crippen molar-refractivity contribution in [2.45, 2.75) is 11.5 Å². The lowest BCUT2D eigenvalue weighted by atomic mass is 10.2. The zero-order valence-corrected chi connectivity index (χ0v) is 13.1. The molecule has 21 heavy (non-hydrogen) atoms. The van der Waals surface area contributed by atoms with E-state index in [1.807, 2.05) is 35.7 Å². The first-order valence-electron chi connectivity index (χ1n) is 6.42. The maximum Gasteiger partial charge on any atom is 0.236 e. The van der Waals surface area contributed by atoms with Gasteiger partial charge in [-0.25, -0.2) is 0 Å². The maximum atomic E-state index is 5.27. The van der Waals surface area contributed by atoms with E-state index in [2.05, 4.69) is 16.2 Å². The molecule has 3 rings (SSSR count). The molecule has 1 aromatic carbocycles. The van der Waals surface area contributed by atoms with Crippen LogP contribution in [0.25, 0.3) is 10.7 Å². The Labute approximate surface area is 131 Å². The molecule has 108 valence electrons. The summed E-state index contributed by atoms with van der Waals surface area (Å²) in [6.07, 6.45) is 0. The number of hydrogen-bond donors (Lipinski definition) is 0. The van der Waals surface area contributed by atoms with Gasteiger partial charge in [0.1, 0.15) is 5.75 Å². The van der Waals surface area contributed by atoms with E-state index >= 15 is 0 Å². The van der Waals surface area contributed by atoms with Gasteiger partial charge in [0.15, 0.2) is 0 Å². The van der Waals surface area contributed by atoms with Gasteiger partial charge in [0.2, 0.25) is 11.7 Å². The van der Waals surface area contributed by atoms with E-state index in [-0.39, 0.29) is 0 Å². The summed E-state index contributed by atoms with van der Waals surface area (Å²) in [7, 11) is 1.68. The number of benzene rings is 1. The fraction of sp³-hybridized carbons (Fsp3) is 0.200. The van der Waals surface area contributed by atoms with Crippen molar-refractivity contribution in [2.75, 3.05) is 7.11 Å². The molecule has 0 bridgehead atoms. The number of nitrogens with zero attached hydrogens (tertiary/aromatic N) is 2. The van der Waals surface area contributed by atoms with Crippen LogP contribution in [-0.4, -0.2) is 17.3 Å². The van der Waals surface area contributed by atoms with Crippen molar-refractivity contribution >= 4 is 23.1 Å². The second-order valence-corrected chi connectivity index (χ2v) is 6.27. The van der Waals surface area contributed by atoms with E-state index in [1.54, 1.807) is 30.2 Å². The molecular weight excluding hydrogens is 304 g/mol. The van der Waals surface area contributed by atoms with Crippen LogP contribution < -0.4 is 4.74 Å². The maximum absolute atomic E-state index is 5.27. The molecular formula is C15H14N2O2S2. The van der Waals surface area contributed by atoms with Crippen molar-refractivity contribution in [3.8, 4) is 16.5 Å². The molecule has 0 aliphatic carbocycles. The first-order chi connectivity index (χ1) is 10.3. The zero-order chi connectivity index (χ0) is 14.5. The SMILES string of the molecule is COc1cccc(CSCc2nc(-c3cccs3)no2)c1. The van der Waals surface area contributed by atoms with Crippen LogP contribution in [0, 0.1) is 0 Å². The first-order valence-corrected chi connectivity index (χ1v) is 8.46. The minimum atomic E-state index is 0.659. The summed E-state index contributed by atoms with van der Waals surface area (Å²) in [6.45, 7) is 0. The largest absolute Gasteiger partial charge is 0.497 e. The lowest BCUT2D eigenvalue weighted by Crippen LogP contribution is -1.87. The van der Waals surface area contributed by atoms with Crippen LogP contribution in [0.2, 0.25) is 0 Å². The molecule has 0 fully saturated rings. The van der Waals surface area contributed by atoms with Crippen LogP contribution in [-0.2, 0) is 11.5 Å². The van der Waals surface area contributed by atoms with Crippen LogP contribution in [0.1, 0.15) is 11.5 Å². The number of methoxy groups -OCH3 is 1. The quantitative estimate of drug-likeness (QED) is 0.680. The van der Waals surface area contributed by atoms with E-state index in [4.69, 9.17) is 9.26 Å². The van der Waals surface area contributed by atoms with Crippen molar-refractivity contribution in [3.05, 3.63) is 53.2 Å². The van der Waals surface area contributed by atoms with Crippen LogP contribution in [0.3, 0.4) is 0 Å². The van der Waals surface area contributed by atoms with E-state index in [0.29, 0.717) is 17.5 Å². The van der Waals surface area contributed by atoms with E-state index in [0.717, 1.165) is 16.4 Å². The van der Waals surface area contributed by atoms with Gasteiger partial charge in [-0.2, -0.15) is 4.98 Å². The first kappa shape index (κ1) is 14.2. The fourth-order valence-electron chi connectivity index (χ4n) is 1.84. The van der Waals surface area contributed by atoms with Gasteiger partial charge in [0, 0.05) is 5.75 Å². The van der Waals surface area contributed by atoms with E-state index in [1.165, 1.54) is 5.56 Å². The highest BCUT2D eigenvalue weighted by Crippen LogP contribution is 2.24. The monoisotopic (exact) mass is 318 g/mol. The number of thioether (sulfide) groups is 1. The molecule has 0 radical (unpaired) electrons. The summed E-state index contributed by atoms with van der Waals surface area (Å²) >= 11 is 3.35. The van der Waals surface area contributed by atoms with Crippen molar-refractivity contribution in [2.24, 2.45) is 0 Å². The second kappa shape index (κ2) is 6.78. The van der Waals surface area contributed by atoms with Gasteiger partial charge in [-0.15, -0.1) is 23.1 Å². The topological polar surface area (TPSA) is 48.2 Å². The molecule has 0 saturated carbocycles. The van der Waals surface area contributed by atoms with Gasteiger partial charge in [0.25, 0.3) is 0 Å². The van der Waals surface area contributed by atoms with Crippen LogP contribution in [0.5, 0.6) is 5.75 Å². The predicted octanol–water partition coefficient (Wildman–Crippen LogP) is 4.24. The molecule has 0 atom stereocenters. The molecule has 0 saturated heterocycles. The standard InChI is InChI=1S/C15H14N2O2S2/c1-18-12-5-2-4-11(8-12)9-20-10-14-16-15(17-19-14)13-6-3-7-21-13/h2-8H,9-10H2,1H3. The average Bonchev–Trinajstić information content (AvgIpc) is 3.18. The smallest absolute Gasteiger partial charge is 0.236 e. The Morgan fingerprint density at radius 1 is 1.24 bits per heavy atom. The highest BCUT2D eigenvalue weighted by atomic mass is 32.2. The molecule has 0 aliphatic rings. The summed E-state index contributed by atoms with van der Waals surface area (Å²) in [5, 5.41) is 6.01. The normalized spacial score (nSPS) is 10.7. The molecule has 3 aromatic rings. The summed E-state index contributed by atoms with van der Waals surface area (Å²) in [4.78, 5) is 5.44. The molecule has 0 N–H and O–H groups in total. The molecule has 2 aromatic heterocycles. The second-order valence-electron chi connectivity index (χ2n) is 4.33. The Balaban J connectivity index is 1.56. The summed E-state index contributed by atoms with van der Waals surface area (Å²) in [6, 6.07) is 12.0. The Morgan fingerprint density at radius 3 is 3.00 bits per heavy atom. The number of hydrogen-bond acceptors (Lipinski definition) is 6. The molecule has 0 spiro atoms. The molecule has 0 amide bonds. The molecule has 4 nitrogen and oxygen atoms in total. The number of rotatable bonds is 6. The highest BCUT2D eigenvalue weighted by molar-refractivity contribution is 7.97. The summed E-state index contributed by atoms with van der Waals surface area (Å²) < 4.78 is 10.5. The van der Waals surface area contributed by atoms with Crippen molar-refractivity contribution in [1.29, 1.82) is 0 Å². The van der Waals surface area contributed by atoms with Gasteiger partial charge in [0.05, 0.1) is 17.7 Å². The predicted molar refractivity (Wildman–Crippen MR) is 85.6 cm³/mol. The fourth-order valence-corrected chi connectivity index (χ4v) is 3.30. The van der Waals surface area contributed by atoms with Gasteiger partial charge in [-0.05, 0) is 29.1 Å². The van der Waals surface area contributed by atoms with Gasteiger partial charge in [-0.1, -0.05) is 23.4 Å². The Bertz CT molecular complexity index is 695. The Kier molecular flexibility index (Phi) is 4.57. The summed E-state index contributed by atoms with van der Waals surface area (Å²) in [5.41, 5.74) is 1.22. The number of ether oxygens (including phenoxy) is 1. The molecule has 0 unspecified atom stereocenters. The van der Waals surface area contributed by atoms with E-state index < -0.39 is 0 Å². The van der Waals surface area contributed by atoms with Gasteiger partial charge >= 0.3 is 0 Å². The molecule has 2 heterocycles. The van der Waals surface area contributed by atoms with Crippen LogP contribution in [0.15, 0.2) is 46.3 Å². The highest BCUT2D eigenvalue weighted by Gasteiger charge is 2.09.